The monoisotopic (exact) mass is 432 g/mol. The van der Waals surface area contributed by atoms with Gasteiger partial charge in [0, 0.05) is 22.4 Å². The van der Waals surface area contributed by atoms with Crippen LogP contribution in [0, 0.1) is 0 Å². The minimum absolute atomic E-state index is 0.430. The highest BCUT2D eigenvalue weighted by Crippen LogP contribution is 2.24. The van der Waals surface area contributed by atoms with Gasteiger partial charge in [0.1, 0.15) is 0 Å². The molecule has 0 heterocycles. The Hall–Kier alpha value is -2.32. The van der Waals surface area contributed by atoms with E-state index in [1.54, 1.807) is 36.0 Å². The molecule has 8 heteroatoms. The number of rotatable bonds is 13. The van der Waals surface area contributed by atoms with Gasteiger partial charge in [-0.2, -0.15) is 0 Å². The Morgan fingerprint density at radius 3 is 1.93 bits per heavy atom. The third-order valence-electron chi connectivity index (χ3n) is 4.25. The summed E-state index contributed by atoms with van der Waals surface area (Å²) in [6.07, 6.45) is 2.21. The van der Waals surface area contributed by atoms with Crippen molar-refractivity contribution in [1.29, 1.82) is 0 Å². The van der Waals surface area contributed by atoms with Gasteiger partial charge in [0.15, 0.2) is 0 Å². The first-order valence-corrected chi connectivity index (χ1v) is 11.7. The minimum atomic E-state index is -0.431. The van der Waals surface area contributed by atoms with Crippen molar-refractivity contribution in [2.45, 2.75) is 25.0 Å². The molecule has 0 aliphatic rings. The van der Waals surface area contributed by atoms with Crippen LogP contribution in [0.5, 0.6) is 0 Å². The predicted molar refractivity (Wildman–Crippen MR) is 126 cm³/mol. The van der Waals surface area contributed by atoms with E-state index in [9.17, 15) is 9.59 Å². The molecule has 2 rings (SSSR count). The highest BCUT2D eigenvalue weighted by atomic mass is 32.2. The van der Waals surface area contributed by atoms with Crippen LogP contribution >= 0.6 is 23.5 Å². The molecule has 6 N–H and O–H groups in total. The molecule has 0 saturated heterocycles. The SMILES string of the molecule is CCCC(CSCNc1ccccc1C(N)=O)SCNc1ccccc1C(N)=O. The molecule has 156 valence electrons. The number of primary amides is 2. The van der Waals surface area contributed by atoms with Gasteiger partial charge < -0.3 is 22.1 Å². The maximum absolute atomic E-state index is 11.5. The average molecular weight is 433 g/mol. The molecule has 0 bridgehead atoms. The maximum atomic E-state index is 11.5. The number of nitrogens with one attached hydrogen (secondary N) is 2. The van der Waals surface area contributed by atoms with Crippen molar-refractivity contribution in [3.63, 3.8) is 0 Å². The number of benzene rings is 2. The lowest BCUT2D eigenvalue weighted by molar-refractivity contribution is 0.0992. The van der Waals surface area contributed by atoms with Crippen molar-refractivity contribution in [2.24, 2.45) is 11.5 Å². The van der Waals surface area contributed by atoms with Crippen LogP contribution in [0.25, 0.3) is 0 Å². The number of carbonyl (C=O) groups excluding carboxylic acids is 2. The lowest BCUT2D eigenvalue weighted by atomic mass is 10.2. The Bertz CT molecular complexity index is 817. The highest BCUT2D eigenvalue weighted by Gasteiger charge is 2.11. The number of hydrogen-bond acceptors (Lipinski definition) is 6. The summed E-state index contributed by atoms with van der Waals surface area (Å²) >= 11 is 3.61. The van der Waals surface area contributed by atoms with E-state index in [4.69, 9.17) is 11.5 Å². The van der Waals surface area contributed by atoms with Crippen LogP contribution in [0.15, 0.2) is 48.5 Å². The molecule has 2 aromatic rings. The quantitative estimate of drug-likeness (QED) is 0.282. The molecule has 0 radical (unpaired) electrons. The van der Waals surface area contributed by atoms with Gasteiger partial charge in [-0.1, -0.05) is 37.6 Å². The largest absolute Gasteiger partial charge is 0.375 e. The van der Waals surface area contributed by atoms with E-state index < -0.39 is 11.8 Å². The molecule has 2 aromatic carbocycles. The summed E-state index contributed by atoms with van der Waals surface area (Å²) in [7, 11) is 0. The van der Waals surface area contributed by atoms with E-state index in [0.717, 1.165) is 30.0 Å². The fraction of sp³-hybridized carbons (Fsp3) is 0.333. The van der Waals surface area contributed by atoms with Crippen LogP contribution < -0.4 is 22.1 Å². The zero-order chi connectivity index (χ0) is 21.1. The van der Waals surface area contributed by atoms with E-state index in [1.165, 1.54) is 0 Å². The topological polar surface area (TPSA) is 110 Å². The second-order valence-corrected chi connectivity index (χ2v) is 8.73. The van der Waals surface area contributed by atoms with Gasteiger partial charge in [-0.05, 0) is 30.7 Å². The molecule has 0 aliphatic heterocycles. The Labute approximate surface area is 180 Å². The summed E-state index contributed by atoms with van der Waals surface area (Å²) in [6.45, 7) is 2.18. The molecule has 0 fully saturated rings. The molecule has 0 aromatic heterocycles. The maximum Gasteiger partial charge on any atom is 0.250 e. The molecule has 0 spiro atoms. The third kappa shape index (κ3) is 7.55. The second-order valence-electron chi connectivity index (χ2n) is 6.41. The number of carbonyl (C=O) groups is 2. The Morgan fingerprint density at radius 2 is 1.41 bits per heavy atom. The molecule has 29 heavy (non-hydrogen) atoms. The molecule has 1 atom stereocenters. The van der Waals surface area contributed by atoms with Gasteiger partial charge in [0.2, 0.25) is 0 Å². The van der Waals surface area contributed by atoms with Crippen LogP contribution in [0.2, 0.25) is 0 Å². The Kier molecular flexibility index (Phi) is 9.73. The molecule has 6 nitrogen and oxygen atoms in total. The highest BCUT2D eigenvalue weighted by molar-refractivity contribution is 8.03. The van der Waals surface area contributed by atoms with E-state index >= 15 is 0 Å². The first kappa shape index (κ1) is 23.0. The van der Waals surface area contributed by atoms with Gasteiger partial charge in [-0.3, -0.25) is 9.59 Å². The van der Waals surface area contributed by atoms with Crippen molar-refractivity contribution in [3.8, 4) is 0 Å². The van der Waals surface area contributed by atoms with Crippen LogP contribution in [-0.2, 0) is 0 Å². The fourth-order valence-corrected chi connectivity index (χ4v) is 5.15. The zero-order valence-electron chi connectivity index (χ0n) is 16.5. The van der Waals surface area contributed by atoms with Crippen LogP contribution in [0.4, 0.5) is 11.4 Å². The lowest BCUT2D eigenvalue weighted by Crippen LogP contribution is -2.16. The third-order valence-corrected chi connectivity index (χ3v) is 6.63. The van der Waals surface area contributed by atoms with Gasteiger partial charge >= 0.3 is 0 Å². The summed E-state index contributed by atoms with van der Waals surface area (Å²) in [5.74, 6) is 1.51. The van der Waals surface area contributed by atoms with Crippen molar-refractivity contribution in [3.05, 3.63) is 59.7 Å². The normalized spacial score (nSPS) is 11.6. The molecular weight excluding hydrogens is 404 g/mol. The summed E-state index contributed by atoms with van der Waals surface area (Å²) in [5, 5.41) is 7.06. The van der Waals surface area contributed by atoms with Gasteiger partial charge in [0.05, 0.1) is 22.9 Å². The van der Waals surface area contributed by atoms with E-state index in [2.05, 4.69) is 17.6 Å². The predicted octanol–water partition coefficient (Wildman–Crippen LogP) is 3.96. The summed E-state index contributed by atoms with van der Waals surface area (Å²) in [5.41, 5.74) is 13.4. The number of thioether (sulfide) groups is 2. The van der Waals surface area contributed by atoms with Crippen LogP contribution in [0.1, 0.15) is 40.5 Å². The van der Waals surface area contributed by atoms with Gasteiger partial charge in [-0.25, -0.2) is 0 Å². The summed E-state index contributed by atoms with van der Waals surface area (Å²) in [4.78, 5) is 23.0. The minimum Gasteiger partial charge on any atom is -0.375 e. The molecule has 2 amide bonds. The molecular formula is C21H28N4O2S2. The molecule has 0 saturated carbocycles. The number of anilines is 2. The smallest absolute Gasteiger partial charge is 0.250 e. The van der Waals surface area contributed by atoms with E-state index in [1.807, 2.05) is 36.0 Å². The van der Waals surface area contributed by atoms with Crippen molar-refractivity contribution < 1.29 is 9.59 Å². The number of nitrogens with two attached hydrogens (primary N) is 2. The van der Waals surface area contributed by atoms with E-state index in [0.29, 0.717) is 28.1 Å². The molecule has 0 aliphatic carbocycles. The zero-order valence-corrected chi connectivity index (χ0v) is 18.2. The Morgan fingerprint density at radius 1 is 0.897 bits per heavy atom. The number of hydrogen-bond donors (Lipinski definition) is 4. The van der Waals surface area contributed by atoms with Gasteiger partial charge in [-0.15, -0.1) is 23.5 Å². The summed E-state index contributed by atoms with van der Waals surface area (Å²) < 4.78 is 0. The van der Waals surface area contributed by atoms with E-state index in [-0.39, 0.29) is 0 Å². The fourth-order valence-electron chi connectivity index (χ4n) is 2.80. The first-order chi connectivity index (χ1) is 14.0. The number of para-hydroxylation sites is 2. The summed E-state index contributed by atoms with van der Waals surface area (Å²) in [6, 6.07) is 14.5. The first-order valence-electron chi connectivity index (χ1n) is 9.47. The van der Waals surface area contributed by atoms with Gasteiger partial charge in [0.25, 0.3) is 11.8 Å². The second kappa shape index (κ2) is 12.3. The Balaban J connectivity index is 1.79. The standard InChI is InChI=1S/C21H28N4O2S2/c1-2-7-15(29-14-25-19-11-6-4-9-17(19)21(23)27)12-28-13-24-18-10-5-3-8-16(18)20(22)26/h3-6,8-11,15,24-25H,2,7,12-14H2,1H3,(H2,22,26)(H2,23,27). The van der Waals surface area contributed by atoms with Crippen molar-refractivity contribution >= 4 is 46.7 Å². The van der Waals surface area contributed by atoms with Crippen molar-refractivity contribution in [2.75, 3.05) is 28.1 Å². The lowest BCUT2D eigenvalue weighted by Gasteiger charge is -2.17. The van der Waals surface area contributed by atoms with Crippen LogP contribution in [-0.4, -0.2) is 34.6 Å². The van der Waals surface area contributed by atoms with Crippen molar-refractivity contribution in [1.82, 2.24) is 0 Å². The van der Waals surface area contributed by atoms with Crippen LogP contribution in [0.3, 0.4) is 0 Å². The number of amides is 2. The molecule has 1 unspecified atom stereocenters. The average Bonchev–Trinajstić information content (AvgIpc) is 2.71.